The van der Waals surface area contributed by atoms with Gasteiger partial charge in [0.15, 0.2) is 0 Å². The van der Waals surface area contributed by atoms with E-state index in [0.29, 0.717) is 0 Å². The molecule has 2 atom stereocenters. The highest BCUT2D eigenvalue weighted by atomic mass is 35.5. The molecule has 5 rings (SSSR count). The molecule has 0 radical (unpaired) electrons. The third kappa shape index (κ3) is 3.57. The number of hydrogen-bond donors (Lipinski definition) is 1. The second kappa shape index (κ2) is 7.98. The van der Waals surface area contributed by atoms with Gasteiger partial charge in [0.25, 0.3) is 0 Å². The van der Waals surface area contributed by atoms with Gasteiger partial charge >= 0.3 is 0 Å². The van der Waals surface area contributed by atoms with Crippen molar-refractivity contribution in [3.63, 3.8) is 0 Å². The number of hydrogen-bond acceptors (Lipinski definition) is 6. The Hall–Kier alpha value is -2.48. The van der Waals surface area contributed by atoms with E-state index in [1.165, 1.54) is 0 Å². The van der Waals surface area contributed by atoms with E-state index in [2.05, 4.69) is 25.9 Å². The third-order valence-corrected chi connectivity index (χ3v) is 7.17. The highest BCUT2D eigenvalue weighted by molar-refractivity contribution is 7.22. The molecule has 154 valence electrons. The predicted octanol–water partition coefficient (Wildman–Crippen LogP) is 4.70. The number of piperidine rings is 1. The molecule has 0 amide bonds. The number of halogens is 1. The zero-order chi connectivity index (χ0) is 20.7. The van der Waals surface area contributed by atoms with Gasteiger partial charge in [0.2, 0.25) is 0 Å². The van der Waals surface area contributed by atoms with Gasteiger partial charge in [-0.1, -0.05) is 23.7 Å². The highest BCUT2D eigenvalue weighted by Gasteiger charge is 2.30. The lowest BCUT2D eigenvalue weighted by Gasteiger charge is -2.35. The van der Waals surface area contributed by atoms with Gasteiger partial charge in [0, 0.05) is 48.3 Å². The molecule has 1 aromatic carbocycles. The van der Waals surface area contributed by atoms with Crippen molar-refractivity contribution in [3.05, 3.63) is 59.9 Å². The van der Waals surface area contributed by atoms with Crippen LogP contribution in [0, 0.1) is 5.92 Å². The number of anilines is 1. The summed E-state index contributed by atoms with van der Waals surface area (Å²) in [6, 6.07) is 9.98. The third-order valence-electron chi connectivity index (χ3n) is 5.75. The smallest absolute Gasteiger partial charge is 0.150 e. The first-order valence-corrected chi connectivity index (χ1v) is 11.2. The quantitative estimate of drug-likeness (QED) is 0.499. The Balaban J connectivity index is 1.45. The first kappa shape index (κ1) is 19.5. The van der Waals surface area contributed by atoms with Crippen LogP contribution in [0.3, 0.4) is 0 Å². The summed E-state index contributed by atoms with van der Waals surface area (Å²) in [6.45, 7) is 1.67. The van der Waals surface area contributed by atoms with Crippen molar-refractivity contribution in [1.29, 1.82) is 0 Å². The van der Waals surface area contributed by atoms with E-state index in [9.17, 15) is 5.11 Å². The van der Waals surface area contributed by atoms with Crippen LogP contribution in [0.15, 0.2) is 49.1 Å². The van der Waals surface area contributed by atoms with E-state index in [4.69, 9.17) is 11.6 Å². The summed E-state index contributed by atoms with van der Waals surface area (Å²) >= 11 is 7.74. The van der Waals surface area contributed by atoms with E-state index in [0.717, 1.165) is 63.3 Å². The van der Waals surface area contributed by atoms with Crippen molar-refractivity contribution < 1.29 is 5.11 Å². The molecule has 1 saturated heterocycles. The number of fused-ring (bicyclic) bond motifs is 1. The zero-order valence-electron chi connectivity index (χ0n) is 16.6. The minimum Gasteiger partial charge on any atom is -0.385 e. The molecular formula is C22H22ClN5OS. The van der Waals surface area contributed by atoms with Gasteiger partial charge in [-0.3, -0.25) is 0 Å². The van der Waals surface area contributed by atoms with Crippen molar-refractivity contribution in [2.45, 2.75) is 18.9 Å². The fraction of sp³-hybridized carbons (Fsp3) is 0.318. The Morgan fingerprint density at radius 3 is 2.80 bits per heavy atom. The van der Waals surface area contributed by atoms with Gasteiger partial charge in [-0.25, -0.2) is 15.0 Å². The van der Waals surface area contributed by atoms with Crippen LogP contribution in [0.4, 0.5) is 5.82 Å². The van der Waals surface area contributed by atoms with E-state index in [-0.39, 0.29) is 5.92 Å². The monoisotopic (exact) mass is 439 g/mol. The number of thiophene rings is 1. The zero-order valence-corrected chi connectivity index (χ0v) is 18.1. The molecule has 2 unspecified atom stereocenters. The maximum absolute atomic E-state index is 10.9. The molecule has 3 aromatic heterocycles. The fourth-order valence-electron chi connectivity index (χ4n) is 4.16. The molecule has 1 fully saturated rings. The van der Waals surface area contributed by atoms with E-state index in [1.54, 1.807) is 23.9 Å². The van der Waals surface area contributed by atoms with Gasteiger partial charge in [0.1, 0.15) is 24.1 Å². The SMILES string of the molecule is Cn1ccnc1C(O)C1CCCN(c2ncnc3cc(-c4ccc(Cl)cc4)sc23)C1. The number of imidazole rings is 1. The molecule has 30 heavy (non-hydrogen) atoms. The second-order valence-electron chi connectivity index (χ2n) is 7.72. The largest absolute Gasteiger partial charge is 0.385 e. The fourth-order valence-corrected chi connectivity index (χ4v) is 5.42. The number of benzene rings is 1. The minimum atomic E-state index is -0.585. The summed E-state index contributed by atoms with van der Waals surface area (Å²) in [5.74, 6) is 1.78. The van der Waals surface area contributed by atoms with Gasteiger partial charge < -0.3 is 14.6 Å². The van der Waals surface area contributed by atoms with Gasteiger partial charge in [-0.2, -0.15) is 0 Å². The lowest BCUT2D eigenvalue weighted by Crippen LogP contribution is -2.38. The molecule has 0 saturated carbocycles. The molecule has 1 aliphatic rings. The number of nitrogens with zero attached hydrogens (tertiary/aromatic N) is 5. The van der Waals surface area contributed by atoms with Gasteiger partial charge in [-0.05, 0) is 36.6 Å². The molecule has 0 spiro atoms. The molecule has 1 N–H and O–H groups in total. The van der Waals surface area contributed by atoms with Gasteiger partial charge in [-0.15, -0.1) is 11.3 Å². The predicted molar refractivity (Wildman–Crippen MR) is 121 cm³/mol. The number of aliphatic hydroxyl groups excluding tert-OH is 1. The molecule has 8 heteroatoms. The van der Waals surface area contributed by atoms with Crippen molar-refractivity contribution in [2.24, 2.45) is 13.0 Å². The second-order valence-corrected chi connectivity index (χ2v) is 9.21. The Morgan fingerprint density at radius 1 is 1.20 bits per heavy atom. The van der Waals surface area contributed by atoms with Crippen LogP contribution in [-0.2, 0) is 7.05 Å². The Kier molecular flexibility index (Phi) is 5.18. The summed E-state index contributed by atoms with van der Waals surface area (Å²) in [5.41, 5.74) is 2.07. The molecule has 6 nitrogen and oxygen atoms in total. The van der Waals surface area contributed by atoms with E-state index >= 15 is 0 Å². The number of aryl methyl sites for hydroxylation is 1. The Morgan fingerprint density at radius 2 is 2.03 bits per heavy atom. The summed E-state index contributed by atoms with van der Waals surface area (Å²) in [5, 5.41) is 11.6. The van der Waals surface area contributed by atoms with Gasteiger partial charge in [0.05, 0.1) is 10.2 Å². The normalized spacial score (nSPS) is 18.1. The maximum atomic E-state index is 10.9. The molecule has 4 heterocycles. The molecule has 4 aromatic rings. The van der Waals surface area contributed by atoms with Crippen LogP contribution >= 0.6 is 22.9 Å². The summed E-state index contributed by atoms with van der Waals surface area (Å²) < 4.78 is 2.97. The van der Waals surface area contributed by atoms with Crippen LogP contribution in [0.1, 0.15) is 24.8 Å². The molecule has 0 aliphatic carbocycles. The lowest BCUT2D eigenvalue weighted by molar-refractivity contribution is 0.0874. The average Bonchev–Trinajstić information content (AvgIpc) is 3.40. The number of rotatable bonds is 4. The highest BCUT2D eigenvalue weighted by Crippen LogP contribution is 2.39. The van der Waals surface area contributed by atoms with Crippen LogP contribution < -0.4 is 4.90 Å². The van der Waals surface area contributed by atoms with Crippen LogP contribution in [0.5, 0.6) is 0 Å². The van der Waals surface area contributed by atoms with Crippen molar-refractivity contribution in [2.75, 3.05) is 18.0 Å². The summed E-state index contributed by atoms with van der Waals surface area (Å²) in [7, 11) is 1.92. The summed E-state index contributed by atoms with van der Waals surface area (Å²) in [4.78, 5) is 16.9. The Bertz CT molecular complexity index is 1170. The topological polar surface area (TPSA) is 67.1 Å². The summed E-state index contributed by atoms with van der Waals surface area (Å²) in [6.07, 6.45) is 6.63. The minimum absolute atomic E-state index is 0.112. The first-order chi connectivity index (χ1) is 14.6. The standard InChI is InChI=1S/C22H22ClN5OS/c1-27-10-8-24-21(27)19(29)15-3-2-9-28(12-15)22-20-17(25-13-26-22)11-18(30-20)14-4-6-16(23)7-5-14/h4-8,10-11,13,15,19,29H,2-3,9,12H2,1H3. The van der Waals surface area contributed by atoms with Crippen LogP contribution in [0.25, 0.3) is 20.7 Å². The molecule has 0 bridgehead atoms. The number of aliphatic hydroxyl groups is 1. The maximum Gasteiger partial charge on any atom is 0.150 e. The molecular weight excluding hydrogens is 418 g/mol. The van der Waals surface area contributed by atoms with Crippen molar-refractivity contribution in [3.8, 4) is 10.4 Å². The van der Waals surface area contributed by atoms with Crippen molar-refractivity contribution >= 4 is 39.0 Å². The van der Waals surface area contributed by atoms with Crippen LogP contribution in [-0.4, -0.2) is 37.7 Å². The number of aromatic nitrogens is 4. The average molecular weight is 440 g/mol. The Labute approximate surface area is 183 Å². The van der Waals surface area contributed by atoms with Crippen molar-refractivity contribution in [1.82, 2.24) is 19.5 Å². The lowest BCUT2D eigenvalue weighted by atomic mass is 9.92. The molecule has 1 aliphatic heterocycles. The van der Waals surface area contributed by atoms with E-state index < -0.39 is 6.10 Å². The van der Waals surface area contributed by atoms with E-state index in [1.807, 2.05) is 42.1 Å². The first-order valence-electron chi connectivity index (χ1n) is 10.0. The van der Waals surface area contributed by atoms with Crippen LogP contribution in [0.2, 0.25) is 5.02 Å².